The Labute approximate surface area is 102 Å². The van der Waals surface area contributed by atoms with E-state index in [9.17, 15) is 4.79 Å². The van der Waals surface area contributed by atoms with Gasteiger partial charge in [0.15, 0.2) is 0 Å². The van der Waals surface area contributed by atoms with Crippen molar-refractivity contribution in [3.05, 3.63) is 29.8 Å². The molecule has 1 aliphatic rings. The molecule has 1 aromatic carbocycles. The van der Waals surface area contributed by atoms with Crippen molar-refractivity contribution < 1.29 is 4.79 Å². The predicted molar refractivity (Wildman–Crippen MR) is 68.5 cm³/mol. The third-order valence-corrected chi connectivity index (χ3v) is 3.36. The largest absolute Gasteiger partial charge is 0.336 e. The van der Waals surface area contributed by atoms with E-state index in [1.165, 1.54) is 0 Å². The number of nitrogens with two attached hydrogens (primary N) is 1. The van der Waals surface area contributed by atoms with Crippen LogP contribution in [0.25, 0.3) is 0 Å². The van der Waals surface area contributed by atoms with E-state index in [4.69, 9.17) is 5.84 Å². The van der Waals surface area contributed by atoms with Crippen LogP contribution < -0.4 is 11.3 Å². The molecule has 1 heterocycles. The number of hydrogen-bond acceptors (Lipinski definition) is 3. The first kappa shape index (κ1) is 11.9. The number of amides is 1. The van der Waals surface area contributed by atoms with E-state index in [0.29, 0.717) is 23.2 Å². The molecule has 1 fully saturated rings. The number of nitrogens with one attached hydrogen (secondary N) is 1. The second kappa shape index (κ2) is 4.75. The molecule has 0 saturated carbocycles. The van der Waals surface area contributed by atoms with Crippen LogP contribution in [0.1, 0.15) is 30.6 Å². The van der Waals surface area contributed by atoms with Crippen molar-refractivity contribution in [2.24, 2.45) is 11.8 Å². The molecule has 2 atom stereocenters. The number of likely N-dealkylation sites (tertiary alicyclic amines) is 1. The Kier molecular flexibility index (Phi) is 3.33. The molecular formula is C13H19N3O. The maximum Gasteiger partial charge on any atom is 0.256 e. The van der Waals surface area contributed by atoms with Crippen molar-refractivity contribution in [2.45, 2.75) is 26.3 Å². The Bertz CT molecular complexity index is 419. The molecule has 0 bridgehead atoms. The molecular weight excluding hydrogens is 214 g/mol. The molecule has 0 aliphatic carbocycles. The number of nitrogen functional groups attached to an aromatic ring is 1. The maximum absolute atomic E-state index is 12.4. The number of rotatable bonds is 2. The molecule has 3 N–H and O–H groups in total. The summed E-state index contributed by atoms with van der Waals surface area (Å²) in [5.74, 6) is 6.07. The Morgan fingerprint density at radius 3 is 2.71 bits per heavy atom. The van der Waals surface area contributed by atoms with Gasteiger partial charge >= 0.3 is 0 Å². The fraction of sp³-hybridized carbons (Fsp3) is 0.462. The standard InChI is InChI=1S/C13H19N3O/c1-9-7-10(2)16(8-9)13(17)11-5-3-4-6-12(11)15-14/h3-6,9-10,15H,7-8,14H2,1-2H3. The summed E-state index contributed by atoms with van der Waals surface area (Å²) >= 11 is 0. The van der Waals surface area contributed by atoms with Crippen LogP contribution in [0.3, 0.4) is 0 Å². The van der Waals surface area contributed by atoms with Gasteiger partial charge < -0.3 is 10.3 Å². The van der Waals surface area contributed by atoms with Gasteiger partial charge in [0.2, 0.25) is 0 Å². The molecule has 2 rings (SSSR count). The molecule has 17 heavy (non-hydrogen) atoms. The molecule has 2 unspecified atom stereocenters. The Morgan fingerprint density at radius 1 is 1.41 bits per heavy atom. The summed E-state index contributed by atoms with van der Waals surface area (Å²) in [5, 5.41) is 0. The quantitative estimate of drug-likeness (QED) is 0.605. The van der Waals surface area contributed by atoms with E-state index in [1.54, 1.807) is 0 Å². The maximum atomic E-state index is 12.4. The summed E-state index contributed by atoms with van der Waals surface area (Å²) in [7, 11) is 0. The third-order valence-electron chi connectivity index (χ3n) is 3.36. The van der Waals surface area contributed by atoms with Crippen LogP contribution in [-0.4, -0.2) is 23.4 Å². The summed E-state index contributed by atoms with van der Waals surface area (Å²) < 4.78 is 0. The fourth-order valence-electron chi connectivity index (χ4n) is 2.53. The van der Waals surface area contributed by atoms with Gasteiger partial charge in [-0.1, -0.05) is 19.1 Å². The van der Waals surface area contributed by atoms with Gasteiger partial charge in [0.25, 0.3) is 5.91 Å². The van der Waals surface area contributed by atoms with Gasteiger partial charge in [-0.05, 0) is 31.4 Å². The lowest BCUT2D eigenvalue weighted by Crippen LogP contribution is -2.34. The monoisotopic (exact) mass is 233 g/mol. The number of carbonyl (C=O) groups is 1. The minimum Gasteiger partial charge on any atom is -0.336 e. The zero-order chi connectivity index (χ0) is 12.4. The normalized spacial score (nSPS) is 23.8. The Balaban J connectivity index is 2.25. The molecule has 0 spiro atoms. The highest BCUT2D eigenvalue weighted by molar-refractivity contribution is 5.99. The van der Waals surface area contributed by atoms with E-state index in [2.05, 4.69) is 19.3 Å². The van der Waals surface area contributed by atoms with E-state index in [0.717, 1.165) is 13.0 Å². The lowest BCUT2D eigenvalue weighted by molar-refractivity contribution is 0.0744. The number of hydrazine groups is 1. The highest BCUT2D eigenvalue weighted by atomic mass is 16.2. The van der Waals surface area contributed by atoms with Gasteiger partial charge in [0.05, 0.1) is 11.3 Å². The first-order chi connectivity index (χ1) is 8.13. The Hall–Kier alpha value is -1.55. The zero-order valence-electron chi connectivity index (χ0n) is 10.3. The van der Waals surface area contributed by atoms with Crippen LogP contribution in [0.5, 0.6) is 0 Å². The smallest absolute Gasteiger partial charge is 0.256 e. The van der Waals surface area contributed by atoms with Crippen LogP contribution in [0.4, 0.5) is 5.69 Å². The summed E-state index contributed by atoms with van der Waals surface area (Å²) in [5.41, 5.74) is 3.91. The van der Waals surface area contributed by atoms with Crippen LogP contribution in [0.15, 0.2) is 24.3 Å². The van der Waals surface area contributed by atoms with E-state index in [1.807, 2.05) is 29.2 Å². The topological polar surface area (TPSA) is 58.4 Å². The van der Waals surface area contributed by atoms with Crippen LogP contribution in [0, 0.1) is 5.92 Å². The van der Waals surface area contributed by atoms with Gasteiger partial charge in [0.1, 0.15) is 0 Å². The first-order valence-electron chi connectivity index (χ1n) is 6.00. The number of nitrogens with zero attached hydrogens (tertiary/aromatic N) is 1. The van der Waals surface area contributed by atoms with Crippen LogP contribution in [-0.2, 0) is 0 Å². The second-order valence-electron chi connectivity index (χ2n) is 4.84. The van der Waals surface area contributed by atoms with Crippen LogP contribution >= 0.6 is 0 Å². The zero-order valence-corrected chi connectivity index (χ0v) is 10.3. The third kappa shape index (κ3) is 2.26. The number of anilines is 1. The Morgan fingerprint density at radius 2 is 2.12 bits per heavy atom. The number of benzene rings is 1. The van der Waals surface area contributed by atoms with Gasteiger partial charge in [-0.2, -0.15) is 0 Å². The molecule has 1 aromatic rings. The molecule has 1 saturated heterocycles. The highest BCUT2D eigenvalue weighted by Gasteiger charge is 2.31. The van der Waals surface area contributed by atoms with Gasteiger partial charge in [-0.15, -0.1) is 0 Å². The van der Waals surface area contributed by atoms with Gasteiger partial charge in [0, 0.05) is 12.6 Å². The average molecular weight is 233 g/mol. The molecule has 4 nitrogen and oxygen atoms in total. The lowest BCUT2D eigenvalue weighted by atomic mass is 10.1. The van der Waals surface area contributed by atoms with Crippen molar-refractivity contribution in [3.8, 4) is 0 Å². The molecule has 1 aliphatic heterocycles. The summed E-state index contributed by atoms with van der Waals surface area (Å²) in [6.45, 7) is 5.11. The minimum atomic E-state index is 0.0652. The lowest BCUT2D eigenvalue weighted by Gasteiger charge is -2.22. The SMILES string of the molecule is CC1CC(C)N(C(=O)c2ccccc2NN)C1. The fourth-order valence-corrected chi connectivity index (χ4v) is 2.53. The summed E-state index contributed by atoms with van der Waals surface area (Å²) in [4.78, 5) is 14.3. The van der Waals surface area contributed by atoms with Gasteiger partial charge in [-0.25, -0.2) is 0 Å². The number of carbonyl (C=O) groups excluding carboxylic acids is 1. The van der Waals surface area contributed by atoms with E-state index >= 15 is 0 Å². The van der Waals surface area contributed by atoms with E-state index < -0.39 is 0 Å². The molecule has 1 amide bonds. The minimum absolute atomic E-state index is 0.0652. The van der Waals surface area contributed by atoms with Crippen molar-refractivity contribution in [2.75, 3.05) is 12.0 Å². The highest BCUT2D eigenvalue weighted by Crippen LogP contribution is 2.26. The summed E-state index contributed by atoms with van der Waals surface area (Å²) in [6, 6.07) is 7.66. The van der Waals surface area contributed by atoms with Gasteiger partial charge in [-0.3, -0.25) is 10.6 Å². The molecule has 0 radical (unpaired) electrons. The van der Waals surface area contributed by atoms with Crippen molar-refractivity contribution >= 4 is 11.6 Å². The van der Waals surface area contributed by atoms with E-state index in [-0.39, 0.29) is 5.91 Å². The summed E-state index contributed by atoms with van der Waals surface area (Å²) in [6.07, 6.45) is 1.07. The predicted octanol–water partition coefficient (Wildman–Crippen LogP) is 1.84. The number of hydrogen-bond donors (Lipinski definition) is 2. The average Bonchev–Trinajstić information content (AvgIpc) is 2.67. The molecule has 0 aromatic heterocycles. The van der Waals surface area contributed by atoms with Crippen LogP contribution in [0.2, 0.25) is 0 Å². The molecule has 4 heteroatoms. The van der Waals surface area contributed by atoms with Crippen molar-refractivity contribution in [1.29, 1.82) is 0 Å². The van der Waals surface area contributed by atoms with Crippen molar-refractivity contribution in [1.82, 2.24) is 4.90 Å². The second-order valence-corrected chi connectivity index (χ2v) is 4.84. The van der Waals surface area contributed by atoms with Crippen molar-refractivity contribution in [3.63, 3.8) is 0 Å². The molecule has 92 valence electrons. The first-order valence-corrected chi connectivity index (χ1v) is 6.00. The number of para-hydroxylation sites is 1.